The van der Waals surface area contributed by atoms with E-state index in [1.54, 1.807) is 30.3 Å². The van der Waals surface area contributed by atoms with Crippen LogP contribution in [0.2, 0.25) is 0 Å². The molecule has 0 aromatic heterocycles. The third-order valence-electron chi connectivity index (χ3n) is 3.20. The van der Waals surface area contributed by atoms with E-state index in [-0.39, 0.29) is 11.3 Å². The van der Waals surface area contributed by atoms with Crippen molar-refractivity contribution in [3.05, 3.63) is 64.1 Å². The van der Waals surface area contributed by atoms with Crippen molar-refractivity contribution in [1.29, 1.82) is 5.26 Å². The molecule has 1 atom stereocenters. The van der Waals surface area contributed by atoms with Crippen LogP contribution in [-0.2, 0) is 21.2 Å². The zero-order chi connectivity index (χ0) is 17.7. The van der Waals surface area contributed by atoms with E-state index in [1.165, 1.54) is 18.2 Å². The topological polar surface area (TPSA) is 107 Å². The number of hydrogen-bond donors (Lipinski definition) is 2. The van der Waals surface area contributed by atoms with Gasteiger partial charge >= 0.3 is 5.97 Å². The van der Waals surface area contributed by atoms with Crippen molar-refractivity contribution in [3.63, 3.8) is 0 Å². The number of benzene rings is 2. The maximum absolute atomic E-state index is 12.4. The van der Waals surface area contributed by atoms with Crippen LogP contribution >= 0.6 is 15.9 Å². The molecule has 24 heavy (non-hydrogen) atoms. The van der Waals surface area contributed by atoms with E-state index in [2.05, 4.69) is 20.7 Å². The molecule has 124 valence electrons. The van der Waals surface area contributed by atoms with Gasteiger partial charge in [-0.15, -0.1) is 0 Å². The van der Waals surface area contributed by atoms with E-state index < -0.39 is 22.0 Å². The first-order valence-corrected chi connectivity index (χ1v) is 9.09. The minimum absolute atomic E-state index is 0.0334. The molecular weight excluding hydrogens is 396 g/mol. The number of nitrogens with one attached hydrogen (secondary N) is 1. The van der Waals surface area contributed by atoms with Crippen LogP contribution in [0.1, 0.15) is 11.1 Å². The van der Waals surface area contributed by atoms with Gasteiger partial charge in [-0.25, -0.2) is 8.42 Å². The van der Waals surface area contributed by atoms with Crippen LogP contribution in [0.15, 0.2) is 57.9 Å². The molecule has 0 saturated heterocycles. The van der Waals surface area contributed by atoms with Crippen LogP contribution in [0.4, 0.5) is 0 Å². The lowest BCUT2D eigenvalue weighted by atomic mass is 10.0. The number of carboxylic acids is 1. The Balaban J connectivity index is 2.25. The molecule has 0 fully saturated rings. The Hall–Kier alpha value is -2.21. The van der Waals surface area contributed by atoms with Gasteiger partial charge in [0.25, 0.3) is 0 Å². The van der Waals surface area contributed by atoms with Crippen molar-refractivity contribution in [2.75, 3.05) is 0 Å². The predicted octanol–water partition coefficient (Wildman–Crippen LogP) is 2.29. The lowest BCUT2D eigenvalue weighted by Gasteiger charge is -2.15. The van der Waals surface area contributed by atoms with E-state index in [9.17, 15) is 18.3 Å². The van der Waals surface area contributed by atoms with Gasteiger partial charge in [-0.05, 0) is 42.3 Å². The molecule has 0 spiro atoms. The van der Waals surface area contributed by atoms with Crippen LogP contribution < -0.4 is 4.72 Å². The average Bonchev–Trinajstić information content (AvgIpc) is 2.54. The van der Waals surface area contributed by atoms with Crippen LogP contribution in [0, 0.1) is 11.3 Å². The fraction of sp³-hybridized carbons (Fsp3) is 0.125. The van der Waals surface area contributed by atoms with Crippen LogP contribution in [0.25, 0.3) is 0 Å². The van der Waals surface area contributed by atoms with Gasteiger partial charge in [0.2, 0.25) is 10.0 Å². The maximum atomic E-state index is 12.4. The SMILES string of the molecule is N#Cc1cccc(CC(NS(=O)(=O)c2cccc(Br)c2)C(=O)O)c1. The number of rotatable bonds is 6. The Morgan fingerprint density at radius 1 is 1.25 bits per heavy atom. The molecule has 0 aliphatic heterocycles. The minimum atomic E-state index is -3.99. The molecule has 2 N–H and O–H groups in total. The molecule has 0 aliphatic carbocycles. The van der Waals surface area contributed by atoms with Crippen LogP contribution in [0.3, 0.4) is 0 Å². The summed E-state index contributed by atoms with van der Waals surface area (Å²) in [4.78, 5) is 11.4. The highest BCUT2D eigenvalue weighted by Crippen LogP contribution is 2.17. The zero-order valence-corrected chi connectivity index (χ0v) is 14.7. The molecule has 2 rings (SSSR count). The Morgan fingerprint density at radius 3 is 2.58 bits per heavy atom. The first kappa shape index (κ1) is 18.1. The van der Waals surface area contributed by atoms with Gasteiger partial charge in [0.15, 0.2) is 0 Å². The third-order valence-corrected chi connectivity index (χ3v) is 5.16. The highest BCUT2D eigenvalue weighted by atomic mass is 79.9. The number of carbonyl (C=O) groups is 1. The van der Waals surface area contributed by atoms with Gasteiger partial charge in [0, 0.05) is 4.47 Å². The van der Waals surface area contributed by atoms with E-state index in [1.807, 2.05) is 6.07 Å². The minimum Gasteiger partial charge on any atom is -0.480 e. The van der Waals surface area contributed by atoms with Crippen molar-refractivity contribution >= 4 is 31.9 Å². The summed E-state index contributed by atoms with van der Waals surface area (Å²) in [5, 5.41) is 18.2. The number of hydrogen-bond acceptors (Lipinski definition) is 4. The van der Waals surface area contributed by atoms with Crippen molar-refractivity contribution in [2.45, 2.75) is 17.4 Å². The van der Waals surface area contributed by atoms with Gasteiger partial charge in [0.05, 0.1) is 16.5 Å². The third kappa shape index (κ3) is 4.64. The standard InChI is InChI=1S/C16H13BrN2O4S/c17-13-5-2-6-14(9-13)24(22,23)19-15(16(20)21)8-11-3-1-4-12(7-11)10-18/h1-7,9,15,19H,8H2,(H,20,21). The lowest BCUT2D eigenvalue weighted by Crippen LogP contribution is -2.42. The van der Waals surface area contributed by atoms with Crippen molar-refractivity contribution in [3.8, 4) is 6.07 Å². The summed E-state index contributed by atoms with van der Waals surface area (Å²) in [7, 11) is -3.99. The molecule has 0 heterocycles. The smallest absolute Gasteiger partial charge is 0.322 e. The van der Waals surface area contributed by atoms with E-state index >= 15 is 0 Å². The van der Waals surface area contributed by atoms with Gasteiger partial charge < -0.3 is 5.11 Å². The number of aliphatic carboxylic acids is 1. The number of sulfonamides is 1. The first-order valence-electron chi connectivity index (χ1n) is 6.81. The van der Waals surface area contributed by atoms with Crippen molar-refractivity contribution in [2.24, 2.45) is 0 Å². The van der Waals surface area contributed by atoms with Crippen LogP contribution in [0.5, 0.6) is 0 Å². The number of nitrogens with zero attached hydrogens (tertiary/aromatic N) is 1. The Bertz CT molecular complexity index is 906. The summed E-state index contributed by atoms with van der Waals surface area (Å²) in [5.41, 5.74) is 0.935. The Morgan fingerprint density at radius 2 is 1.96 bits per heavy atom. The van der Waals surface area contributed by atoms with Crippen LogP contribution in [-0.4, -0.2) is 25.5 Å². The largest absolute Gasteiger partial charge is 0.480 e. The summed E-state index contributed by atoms with van der Waals surface area (Å²) < 4.78 is 27.5. The first-order chi connectivity index (χ1) is 11.3. The number of carboxylic acid groups (broad SMARTS) is 1. The summed E-state index contributed by atoms with van der Waals surface area (Å²) in [6, 6.07) is 13.0. The highest BCUT2D eigenvalue weighted by molar-refractivity contribution is 9.10. The molecule has 0 aliphatic rings. The molecule has 0 amide bonds. The van der Waals surface area contributed by atoms with Crippen molar-refractivity contribution < 1.29 is 18.3 Å². The van der Waals surface area contributed by atoms with Crippen molar-refractivity contribution in [1.82, 2.24) is 4.72 Å². The molecule has 6 nitrogen and oxygen atoms in total. The van der Waals surface area contributed by atoms with E-state index in [0.29, 0.717) is 15.6 Å². The quantitative estimate of drug-likeness (QED) is 0.762. The monoisotopic (exact) mass is 408 g/mol. The van der Waals surface area contributed by atoms with Gasteiger partial charge in [-0.3, -0.25) is 4.79 Å². The molecule has 2 aromatic carbocycles. The van der Waals surface area contributed by atoms with Gasteiger partial charge in [0.1, 0.15) is 6.04 Å². The summed E-state index contributed by atoms with van der Waals surface area (Å²) in [6.07, 6.45) is -0.0713. The molecular formula is C16H13BrN2O4S. The second-order valence-corrected chi connectivity index (χ2v) is 7.62. The zero-order valence-electron chi connectivity index (χ0n) is 12.3. The number of halogens is 1. The maximum Gasteiger partial charge on any atom is 0.322 e. The molecule has 1 unspecified atom stereocenters. The highest BCUT2D eigenvalue weighted by Gasteiger charge is 2.25. The normalized spacial score (nSPS) is 12.3. The molecule has 0 bridgehead atoms. The number of nitriles is 1. The summed E-state index contributed by atoms with van der Waals surface area (Å²) in [5.74, 6) is -1.30. The summed E-state index contributed by atoms with van der Waals surface area (Å²) in [6.45, 7) is 0. The lowest BCUT2D eigenvalue weighted by molar-refractivity contribution is -0.138. The van der Waals surface area contributed by atoms with E-state index in [0.717, 1.165) is 0 Å². The molecule has 2 aromatic rings. The Labute approximate surface area is 147 Å². The fourth-order valence-electron chi connectivity index (χ4n) is 2.07. The predicted molar refractivity (Wildman–Crippen MR) is 90.7 cm³/mol. The molecule has 0 saturated carbocycles. The molecule has 0 radical (unpaired) electrons. The van der Waals surface area contributed by atoms with E-state index in [4.69, 9.17) is 5.26 Å². The summed E-state index contributed by atoms with van der Waals surface area (Å²) >= 11 is 3.18. The second-order valence-electron chi connectivity index (χ2n) is 4.99. The molecule has 8 heteroatoms. The van der Waals surface area contributed by atoms with Gasteiger partial charge in [-0.1, -0.05) is 34.1 Å². The fourth-order valence-corrected chi connectivity index (χ4v) is 3.86. The Kier molecular flexibility index (Phi) is 5.72. The van der Waals surface area contributed by atoms with Gasteiger partial charge in [-0.2, -0.15) is 9.98 Å². The average molecular weight is 409 g/mol. The second kappa shape index (κ2) is 7.57.